The van der Waals surface area contributed by atoms with Gasteiger partial charge >= 0.3 is 0 Å². The fourth-order valence-corrected chi connectivity index (χ4v) is 4.67. The van der Waals surface area contributed by atoms with Crippen molar-refractivity contribution >= 4 is 5.57 Å². The first kappa shape index (κ1) is 20.6. The molecule has 2 aliphatic heterocycles. The van der Waals surface area contributed by atoms with Crippen LogP contribution in [0.4, 0.5) is 0 Å². The molecule has 0 fully saturated rings. The van der Waals surface area contributed by atoms with E-state index in [2.05, 4.69) is 46.7 Å². The third-order valence-electron chi connectivity index (χ3n) is 6.67. The number of hydrogen-bond acceptors (Lipinski definition) is 3. The average molecular weight is 382 g/mol. The maximum absolute atomic E-state index is 11.0. The fraction of sp³-hybridized carbons (Fsp3) is 0.600. The van der Waals surface area contributed by atoms with Gasteiger partial charge in [-0.25, -0.2) is 0 Å². The Labute approximate surface area is 170 Å². The number of benzene rings is 1. The molecule has 152 valence electrons. The summed E-state index contributed by atoms with van der Waals surface area (Å²) in [5.74, 6) is 2.07. The number of terminal acetylenes is 1. The predicted octanol–water partition coefficient (Wildman–Crippen LogP) is 5.93. The average Bonchev–Trinajstić information content (AvgIpc) is 2.66. The smallest absolute Gasteiger partial charge is 0.132 e. The van der Waals surface area contributed by atoms with E-state index in [0.717, 1.165) is 35.4 Å². The molecule has 3 rings (SSSR count). The number of rotatable bonds is 6. The van der Waals surface area contributed by atoms with Crippen molar-refractivity contribution in [3.8, 4) is 24.0 Å². The van der Waals surface area contributed by atoms with Gasteiger partial charge in [0, 0.05) is 12.6 Å². The molecule has 0 aliphatic carbocycles. The standard InChI is InChI=1S/C25H35NO2/c1-7-9-10-11-17(3)18(4)19-14-22(27)24-20-16-26(8-2)13-12-21(20)25(5,6)28-23(24)15-19/h2,14-15,17-18,27H,7,9-13,16H2,1,3-6H3. The lowest BCUT2D eigenvalue weighted by molar-refractivity contribution is 0.134. The van der Waals surface area contributed by atoms with Gasteiger partial charge in [0.05, 0.1) is 12.1 Å². The van der Waals surface area contributed by atoms with Crippen molar-refractivity contribution in [1.82, 2.24) is 4.90 Å². The van der Waals surface area contributed by atoms with Gasteiger partial charge < -0.3 is 14.7 Å². The van der Waals surface area contributed by atoms with Crippen molar-refractivity contribution < 1.29 is 9.84 Å². The highest BCUT2D eigenvalue weighted by atomic mass is 16.5. The third-order valence-corrected chi connectivity index (χ3v) is 6.67. The summed E-state index contributed by atoms with van der Waals surface area (Å²) in [7, 11) is 0. The second kappa shape index (κ2) is 8.11. The highest BCUT2D eigenvalue weighted by molar-refractivity contribution is 5.82. The van der Waals surface area contributed by atoms with Crippen LogP contribution in [0.5, 0.6) is 11.5 Å². The van der Waals surface area contributed by atoms with Crippen molar-refractivity contribution in [2.24, 2.45) is 5.92 Å². The van der Waals surface area contributed by atoms with Crippen LogP contribution in [0.15, 0.2) is 17.7 Å². The van der Waals surface area contributed by atoms with E-state index in [-0.39, 0.29) is 5.60 Å². The van der Waals surface area contributed by atoms with Crippen molar-refractivity contribution in [2.75, 3.05) is 13.1 Å². The Hall–Kier alpha value is -2.08. The summed E-state index contributed by atoms with van der Waals surface area (Å²) in [6.45, 7) is 12.6. The zero-order valence-electron chi connectivity index (χ0n) is 18.1. The Kier molecular flexibility index (Phi) is 5.98. The van der Waals surface area contributed by atoms with Gasteiger partial charge in [-0.05, 0) is 60.9 Å². The van der Waals surface area contributed by atoms with Crippen molar-refractivity contribution in [3.63, 3.8) is 0 Å². The van der Waals surface area contributed by atoms with Crippen LogP contribution in [0.1, 0.15) is 83.8 Å². The second-order valence-electron chi connectivity index (χ2n) is 9.05. The highest BCUT2D eigenvalue weighted by Crippen LogP contribution is 2.49. The minimum Gasteiger partial charge on any atom is -0.507 e. The van der Waals surface area contributed by atoms with Gasteiger partial charge in [0.1, 0.15) is 17.1 Å². The van der Waals surface area contributed by atoms with E-state index in [9.17, 15) is 5.11 Å². The molecule has 0 aromatic heterocycles. The number of ether oxygens (including phenoxy) is 1. The molecule has 1 aromatic carbocycles. The molecule has 3 heteroatoms. The van der Waals surface area contributed by atoms with Gasteiger partial charge in [0.15, 0.2) is 0 Å². The van der Waals surface area contributed by atoms with Gasteiger partial charge in [-0.3, -0.25) is 0 Å². The van der Waals surface area contributed by atoms with Crippen molar-refractivity contribution in [3.05, 3.63) is 28.8 Å². The second-order valence-corrected chi connectivity index (χ2v) is 9.05. The lowest BCUT2D eigenvalue weighted by atomic mass is 9.79. The molecule has 2 aliphatic rings. The summed E-state index contributed by atoms with van der Waals surface area (Å²) >= 11 is 0. The van der Waals surface area contributed by atoms with Crippen LogP contribution in [-0.2, 0) is 0 Å². The predicted molar refractivity (Wildman–Crippen MR) is 116 cm³/mol. The van der Waals surface area contributed by atoms with Crippen LogP contribution >= 0.6 is 0 Å². The first-order valence-corrected chi connectivity index (χ1v) is 10.8. The Morgan fingerprint density at radius 1 is 1.29 bits per heavy atom. The molecule has 2 unspecified atom stereocenters. The fourth-order valence-electron chi connectivity index (χ4n) is 4.67. The Balaban J connectivity index is 1.95. The van der Waals surface area contributed by atoms with Gasteiger partial charge in [-0.1, -0.05) is 52.9 Å². The Bertz CT molecular complexity index is 800. The first-order chi connectivity index (χ1) is 13.3. The molecular formula is C25H35NO2. The normalized spacial score (nSPS) is 19.9. The van der Waals surface area contributed by atoms with Crippen LogP contribution in [0.25, 0.3) is 5.57 Å². The summed E-state index contributed by atoms with van der Waals surface area (Å²) in [5.41, 5.74) is 4.02. The molecule has 0 bridgehead atoms. The molecule has 1 aromatic rings. The SMILES string of the molecule is C#CN1CCC2=C(C1)c1c(O)cc(C(C)C(C)CCCCC)cc1OC2(C)C. The number of hydrogen-bond donors (Lipinski definition) is 1. The monoisotopic (exact) mass is 381 g/mol. The van der Waals surface area contributed by atoms with Crippen molar-refractivity contribution in [2.45, 2.75) is 78.2 Å². The van der Waals surface area contributed by atoms with Crippen LogP contribution in [-0.4, -0.2) is 28.7 Å². The van der Waals surface area contributed by atoms with Crippen LogP contribution in [0, 0.1) is 18.4 Å². The molecule has 0 radical (unpaired) electrons. The molecule has 0 spiro atoms. The molecule has 3 nitrogen and oxygen atoms in total. The maximum Gasteiger partial charge on any atom is 0.132 e. The number of unbranched alkanes of at least 4 members (excludes halogenated alkanes) is 2. The largest absolute Gasteiger partial charge is 0.507 e. The van der Waals surface area contributed by atoms with Gasteiger partial charge in [0.2, 0.25) is 0 Å². The lowest BCUT2D eigenvalue weighted by Crippen LogP contribution is -2.41. The quantitative estimate of drug-likeness (QED) is 0.489. The van der Waals surface area contributed by atoms with E-state index in [4.69, 9.17) is 11.2 Å². The summed E-state index contributed by atoms with van der Waals surface area (Å²) < 4.78 is 6.42. The molecule has 0 amide bonds. The number of nitrogens with zero attached hydrogens (tertiary/aromatic N) is 1. The van der Waals surface area contributed by atoms with Crippen molar-refractivity contribution in [1.29, 1.82) is 0 Å². The summed E-state index contributed by atoms with van der Waals surface area (Å²) in [6.07, 6.45) is 11.5. The van der Waals surface area contributed by atoms with Crippen LogP contribution in [0.2, 0.25) is 0 Å². The molecule has 1 N–H and O–H groups in total. The molecule has 2 atom stereocenters. The number of phenols is 1. The zero-order chi connectivity index (χ0) is 20.5. The van der Waals surface area contributed by atoms with E-state index < -0.39 is 0 Å². The number of phenolic OH excluding ortho intramolecular Hbond substituents is 1. The zero-order valence-corrected chi connectivity index (χ0v) is 18.1. The van der Waals surface area contributed by atoms with E-state index in [1.54, 1.807) is 0 Å². The molecule has 0 saturated heterocycles. The summed E-state index contributed by atoms with van der Waals surface area (Å²) in [5, 5.41) is 11.0. The first-order valence-electron chi connectivity index (χ1n) is 10.8. The highest BCUT2D eigenvalue weighted by Gasteiger charge is 2.39. The van der Waals surface area contributed by atoms with E-state index in [0.29, 0.717) is 24.1 Å². The van der Waals surface area contributed by atoms with Crippen LogP contribution < -0.4 is 4.74 Å². The van der Waals surface area contributed by atoms with Crippen LogP contribution in [0.3, 0.4) is 0 Å². The molecule has 28 heavy (non-hydrogen) atoms. The van der Waals surface area contributed by atoms with E-state index in [1.165, 1.54) is 31.3 Å². The Morgan fingerprint density at radius 3 is 2.71 bits per heavy atom. The Morgan fingerprint density at radius 2 is 2.04 bits per heavy atom. The van der Waals surface area contributed by atoms with Gasteiger partial charge in [-0.15, -0.1) is 0 Å². The number of aromatic hydroxyl groups is 1. The minimum absolute atomic E-state index is 0.321. The van der Waals surface area contributed by atoms with Gasteiger partial charge in [-0.2, -0.15) is 0 Å². The van der Waals surface area contributed by atoms with E-state index in [1.807, 2.05) is 11.0 Å². The molecule has 2 heterocycles. The topological polar surface area (TPSA) is 32.7 Å². The maximum atomic E-state index is 11.0. The molecule has 0 saturated carbocycles. The number of fused-ring (bicyclic) bond motifs is 2. The van der Waals surface area contributed by atoms with Gasteiger partial charge in [0.25, 0.3) is 0 Å². The third kappa shape index (κ3) is 3.88. The molecular weight excluding hydrogens is 346 g/mol. The lowest BCUT2D eigenvalue weighted by Gasteiger charge is -2.42. The summed E-state index contributed by atoms with van der Waals surface area (Å²) in [4.78, 5) is 1.98. The summed E-state index contributed by atoms with van der Waals surface area (Å²) in [6, 6.07) is 6.85. The van der Waals surface area contributed by atoms with E-state index >= 15 is 0 Å². The minimum atomic E-state index is -0.371.